The second kappa shape index (κ2) is 66.4. The molecule has 6 heteroatoms. The van der Waals surface area contributed by atoms with Gasteiger partial charge in [-0.3, -0.25) is 14.4 Å². The largest absolute Gasteiger partial charge is 0.462 e. The van der Waals surface area contributed by atoms with Gasteiger partial charge in [-0.05, 0) is 109 Å². The third-order valence-corrected chi connectivity index (χ3v) is 14.9. The van der Waals surface area contributed by atoms with Gasteiger partial charge in [0.25, 0.3) is 0 Å². The lowest BCUT2D eigenvalue weighted by atomic mass is 10.0. The summed E-state index contributed by atoms with van der Waals surface area (Å²) in [6, 6.07) is 0. The summed E-state index contributed by atoms with van der Waals surface area (Å²) in [5, 5.41) is 0. The molecule has 0 heterocycles. The predicted octanol–water partition coefficient (Wildman–Crippen LogP) is 23.3. The van der Waals surface area contributed by atoms with Gasteiger partial charge in [-0.2, -0.15) is 0 Å². The zero-order valence-corrected chi connectivity index (χ0v) is 51.9. The van der Waals surface area contributed by atoms with E-state index in [4.69, 9.17) is 14.2 Å². The Balaban J connectivity index is 4.18. The summed E-state index contributed by atoms with van der Waals surface area (Å²) in [6.45, 7) is 6.58. The molecule has 0 aromatic rings. The Morgan fingerprint density at radius 1 is 0.256 bits per heavy atom. The minimum atomic E-state index is -0.785. The van der Waals surface area contributed by atoms with Crippen LogP contribution in [0.1, 0.15) is 348 Å². The first-order chi connectivity index (χ1) is 38.5. The quantitative estimate of drug-likeness (QED) is 0.0261. The van der Waals surface area contributed by atoms with Crippen LogP contribution in [0.25, 0.3) is 0 Å². The van der Waals surface area contributed by atoms with Crippen molar-refractivity contribution in [1.29, 1.82) is 0 Å². The van der Waals surface area contributed by atoms with Gasteiger partial charge in [0.2, 0.25) is 0 Å². The lowest BCUT2D eigenvalue weighted by Gasteiger charge is -2.18. The molecule has 1 unspecified atom stereocenters. The number of hydrogen-bond acceptors (Lipinski definition) is 6. The number of ether oxygens (including phenoxy) is 3. The van der Waals surface area contributed by atoms with E-state index in [9.17, 15) is 14.4 Å². The van der Waals surface area contributed by atoms with E-state index in [-0.39, 0.29) is 31.1 Å². The van der Waals surface area contributed by atoms with Crippen LogP contribution in [0.15, 0.2) is 72.9 Å². The fourth-order valence-corrected chi connectivity index (χ4v) is 9.78. The number of unbranched alkanes of at least 4 members (excludes halogenated alkanes) is 39. The van der Waals surface area contributed by atoms with E-state index in [1.54, 1.807) is 0 Å². The number of rotatable bonds is 62. The van der Waals surface area contributed by atoms with Crippen LogP contribution in [0.5, 0.6) is 0 Å². The topological polar surface area (TPSA) is 78.9 Å². The fraction of sp³-hybridized carbons (Fsp3) is 0.792. The van der Waals surface area contributed by atoms with Gasteiger partial charge in [-0.15, -0.1) is 0 Å². The molecule has 6 nitrogen and oxygen atoms in total. The van der Waals surface area contributed by atoms with Gasteiger partial charge < -0.3 is 14.2 Å². The second-order valence-electron chi connectivity index (χ2n) is 22.7. The van der Waals surface area contributed by atoms with E-state index in [1.807, 2.05) is 0 Å². The maximum atomic E-state index is 12.9. The van der Waals surface area contributed by atoms with Crippen molar-refractivity contribution < 1.29 is 28.6 Å². The second-order valence-corrected chi connectivity index (χ2v) is 22.7. The van der Waals surface area contributed by atoms with Crippen molar-refractivity contribution in [3.05, 3.63) is 72.9 Å². The Labute approximate surface area is 484 Å². The predicted molar refractivity (Wildman–Crippen MR) is 339 cm³/mol. The van der Waals surface area contributed by atoms with Crippen LogP contribution in [0, 0.1) is 0 Å². The van der Waals surface area contributed by atoms with Gasteiger partial charge >= 0.3 is 17.9 Å². The summed E-state index contributed by atoms with van der Waals surface area (Å²) >= 11 is 0. The summed E-state index contributed by atoms with van der Waals surface area (Å²) in [4.78, 5) is 38.3. The highest BCUT2D eigenvalue weighted by atomic mass is 16.6. The maximum Gasteiger partial charge on any atom is 0.306 e. The van der Waals surface area contributed by atoms with Crippen LogP contribution in [-0.4, -0.2) is 37.2 Å². The van der Waals surface area contributed by atoms with Crippen molar-refractivity contribution in [1.82, 2.24) is 0 Å². The van der Waals surface area contributed by atoms with E-state index in [2.05, 4.69) is 93.7 Å². The van der Waals surface area contributed by atoms with Gasteiger partial charge in [0, 0.05) is 19.3 Å². The Kier molecular flexibility index (Phi) is 63.7. The van der Waals surface area contributed by atoms with Crippen LogP contribution in [0.2, 0.25) is 0 Å². The molecule has 0 fully saturated rings. The van der Waals surface area contributed by atoms with E-state index in [0.29, 0.717) is 19.3 Å². The van der Waals surface area contributed by atoms with Crippen molar-refractivity contribution in [2.75, 3.05) is 13.2 Å². The van der Waals surface area contributed by atoms with Gasteiger partial charge in [-0.1, -0.05) is 293 Å². The van der Waals surface area contributed by atoms with Gasteiger partial charge in [0.15, 0.2) is 6.10 Å². The molecule has 0 amide bonds. The van der Waals surface area contributed by atoms with Crippen molar-refractivity contribution in [3.63, 3.8) is 0 Å². The standard InChI is InChI=1S/C72H128O6/c1-4-7-10-13-16-19-22-24-26-28-30-32-33-34-35-36-37-38-39-41-42-44-46-48-50-53-56-59-62-65-71(74)77-68-69(67-76-70(73)64-61-58-55-52-21-18-15-12-9-6-3)78-72(75)66-63-60-57-54-51-49-47-45-43-40-31-29-27-25-23-20-17-14-11-8-5-2/h12,15,22-25,28-31,43,45,69H,4-11,13-14,16-21,26-27,32-42,44,46-68H2,1-3H3/b15-12-,24-22-,25-23-,30-28-,31-29-,45-43-. The molecule has 0 saturated carbocycles. The number of allylic oxidation sites excluding steroid dienone is 12. The van der Waals surface area contributed by atoms with E-state index in [1.165, 1.54) is 205 Å². The lowest BCUT2D eigenvalue weighted by Crippen LogP contribution is -2.30. The third-order valence-electron chi connectivity index (χ3n) is 14.9. The summed E-state index contributed by atoms with van der Waals surface area (Å²) in [6.07, 6.45) is 86.5. The minimum Gasteiger partial charge on any atom is -0.462 e. The van der Waals surface area contributed by atoms with Gasteiger partial charge in [0.05, 0.1) is 0 Å². The Morgan fingerprint density at radius 2 is 0.487 bits per heavy atom. The van der Waals surface area contributed by atoms with Crippen LogP contribution >= 0.6 is 0 Å². The molecule has 0 N–H and O–H groups in total. The first-order valence-corrected chi connectivity index (χ1v) is 33.9. The molecule has 0 aliphatic carbocycles. The highest BCUT2D eigenvalue weighted by molar-refractivity contribution is 5.71. The molecule has 0 saturated heterocycles. The Hall–Kier alpha value is -3.15. The van der Waals surface area contributed by atoms with Crippen LogP contribution < -0.4 is 0 Å². The molecule has 1 atom stereocenters. The summed E-state index contributed by atoms with van der Waals surface area (Å²) in [7, 11) is 0. The summed E-state index contributed by atoms with van der Waals surface area (Å²) in [5.74, 6) is -0.890. The molecule has 0 bridgehead atoms. The average Bonchev–Trinajstić information content (AvgIpc) is 3.44. The number of hydrogen-bond donors (Lipinski definition) is 0. The molecule has 0 aliphatic rings. The van der Waals surface area contributed by atoms with Crippen LogP contribution in [-0.2, 0) is 28.6 Å². The Morgan fingerprint density at radius 3 is 0.782 bits per heavy atom. The van der Waals surface area contributed by atoms with Gasteiger partial charge in [-0.25, -0.2) is 0 Å². The molecule has 0 aromatic carbocycles. The number of carbonyl (C=O) groups excluding carboxylic acids is 3. The lowest BCUT2D eigenvalue weighted by molar-refractivity contribution is -0.167. The first-order valence-electron chi connectivity index (χ1n) is 33.9. The normalized spacial score (nSPS) is 12.5. The van der Waals surface area contributed by atoms with Crippen molar-refractivity contribution >= 4 is 17.9 Å². The molecule has 0 spiro atoms. The molecule has 0 aromatic heterocycles. The van der Waals surface area contributed by atoms with Crippen molar-refractivity contribution in [2.24, 2.45) is 0 Å². The molecular formula is C72H128O6. The molecule has 78 heavy (non-hydrogen) atoms. The zero-order chi connectivity index (χ0) is 56.4. The SMILES string of the molecule is CCC/C=C\CCCCCCCC(=O)OCC(COC(=O)CCCCCCCCCCCCCCCCCCC/C=C\C/C=C\CCCCCCC)OC(=O)CCCCCCCC/C=C\C/C=C\C/C=C\CCCCCCC. The van der Waals surface area contributed by atoms with Crippen molar-refractivity contribution in [2.45, 2.75) is 354 Å². The third kappa shape index (κ3) is 63.7. The maximum absolute atomic E-state index is 12.9. The fourth-order valence-electron chi connectivity index (χ4n) is 9.78. The monoisotopic (exact) mass is 1090 g/mol. The van der Waals surface area contributed by atoms with E-state index >= 15 is 0 Å². The zero-order valence-electron chi connectivity index (χ0n) is 51.9. The van der Waals surface area contributed by atoms with Crippen LogP contribution in [0.4, 0.5) is 0 Å². The molecule has 0 aliphatic heterocycles. The van der Waals surface area contributed by atoms with Crippen molar-refractivity contribution in [3.8, 4) is 0 Å². The van der Waals surface area contributed by atoms with E-state index in [0.717, 1.165) is 103 Å². The number of carbonyl (C=O) groups is 3. The molecule has 0 rings (SSSR count). The molecule has 452 valence electrons. The Bertz CT molecular complexity index is 1440. The average molecular weight is 1090 g/mol. The first kappa shape index (κ1) is 74.8. The molecular weight excluding hydrogens is 961 g/mol. The summed E-state index contributed by atoms with van der Waals surface area (Å²) < 4.78 is 16.9. The van der Waals surface area contributed by atoms with Crippen LogP contribution in [0.3, 0.4) is 0 Å². The molecule has 0 radical (unpaired) electrons. The van der Waals surface area contributed by atoms with E-state index < -0.39 is 6.10 Å². The highest BCUT2D eigenvalue weighted by Gasteiger charge is 2.19. The number of esters is 3. The minimum absolute atomic E-state index is 0.0811. The van der Waals surface area contributed by atoms with Gasteiger partial charge in [0.1, 0.15) is 13.2 Å². The smallest absolute Gasteiger partial charge is 0.306 e. The summed E-state index contributed by atoms with van der Waals surface area (Å²) in [5.41, 5.74) is 0. The highest BCUT2D eigenvalue weighted by Crippen LogP contribution is 2.17.